The normalized spacial score (nSPS) is 25.9. The van der Waals surface area contributed by atoms with Gasteiger partial charge in [0.25, 0.3) is 0 Å². The maximum absolute atomic E-state index is 13.4. The van der Waals surface area contributed by atoms with Gasteiger partial charge in [0.1, 0.15) is 11.6 Å². The van der Waals surface area contributed by atoms with Gasteiger partial charge in [-0.15, -0.1) is 0 Å². The Hall–Kier alpha value is -1.13. The molecule has 0 aliphatic carbocycles. The van der Waals surface area contributed by atoms with E-state index in [1.807, 2.05) is 7.05 Å². The monoisotopic (exact) mass is 238 g/mol. The van der Waals surface area contributed by atoms with Gasteiger partial charge in [-0.3, -0.25) is 4.90 Å². The molecular weight excluding hydrogens is 219 g/mol. The van der Waals surface area contributed by atoms with Crippen molar-refractivity contribution in [3.8, 4) is 5.75 Å². The molecule has 1 aromatic carbocycles. The van der Waals surface area contributed by atoms with Crippen LogP contribution in [0.4, 0.5) is 4.39 Å². The Bertz CT molecular complexity index is 397. The van der Waals surface area contributed by atoms with Crippen LogP contribution < -0.4 is 10.5 Å². The van der Waals surface area contributed by atoms with Crippen LogP contribution in [0.2, 0.25) is 0 Å². The van der Waals surface area contributed by atoms with Crippen molar-refractivity contribution in [2.24, 2.45) is 5.73 Å². The van der Waals surface area contributed by atoms with Gasteiger partial charge in [0.05, 0.1) is 7.11 Å². The van der Waals surface area contributed by atoms with Crippen LogP contribution in [0.1, 0.15) is 24.4 Å². The molecular formula is C13H19FN2O. The van der Waals surface area contributed by atoms with Crippen LogP contribution in [0.15, 0.2) is 18.2 Å². The summed E-state index contributed by atoms with van der Waals surface area (Å²) in [5, 5.41) is 0. The average molecular weight is 238 g/mol. The Morgan fingerprint density at radius 1 is 1.47 bits per heavy atom. The van der Waals surface area contributed by atoms with Crippen LogP contribution in [0.3, 0.4) is 0 Å². The molecule has 0 amide bonds. The fourth-order valence-corrected chi connectivity index (χ4v) is 2.44. The number of piperidine rings is 1. The van der Waals surface area contributed by atoms with Crippen molar-refractivity contribution < 1.29 is 9.13 Å². The molecule has 17 heavy (non-hydrogen) atoms. The number of ether oxygens (including phenoxy) is 1. The van der Waals surface area contributed by atoms with Crippen molar-refractivity contribution in [3.63, 3.8) is 0 Å². The quantitative estimate of drug-likeness (QED) is 0.855. The number of hydrogen-bond donors (Lipinski definition) is 1. The van der Waals surface area contributed by atoms with Gasteiger partial charge in [0.2, 0.25) is 0 Å². The number of methoxy groups -OCH3 is 1. The van der Waals surface area contributed by atoms with E-state index in [-0.39, 0.29) is 17.9 Å². The highest BCUT2D eigenvalue weighted by atomic mass is 19.1. The summed E-state index contributed by atoms with van der Waals surface area (Å²) in [6, 6.07) is 4.98. The van der Waals surface area contributed by atoms with E-state index in [9.17, 15) is 4.39 Å². The summed E-state index contributed by atoms with van der Waals surface area (Å²) in [5.41, 5.74) is 6.89. The van der Waals surface area contributed by atoms with Crippen molar-refractivity contribution >= 4 is 0 Å². The van der Waals surface area contributed by atoms with Crippen molar-refractivity contribution in [2.75, 3.05) is 20.7 Å². The van der Waals surface area contributed by atoms with E-state index in [4.69, 9.17) is 10.5 Å². The highest BCUT2D eigenvalue weighted by Crippen LogP contribution is 2.35. The minimum absolute atomic E-state index is 0.143. The Kier molecular flexibility index (Phi) is 3.64. The van der Waals surface area contributed by atoms with Crippen LogP contribution in [-0.4, -0.2) is 31.6 Å². The second-order valence-electron chi connectivity index (χ2n) is 4.67. The highest BCUT2D eigenvalue weighted by molar-refractivity contribution is 5.37. The van der Waals surface area contributed by atoms with Gasteiger partial charge < -0.3 is 10.5 Å². The molecule has 1 saturated heterocycles. The summed E-state index contributed by atoms with van der Waals surface area (Å²) in [6.07, 6.45) is 1.83. The molecule has 0 radical (unpaired) electrons. The lowest BCUT2D eigenvalue weighted by Gasteiger charge is -2.36. The second-order valence-corrected chi connectivity index (χ2v) is 4.67. The predicted octanol–water partition coefficient (Wildman–Crippen LogP) is 1.93. The molecule has 2 rings (SSSR count). The smallest absolute Gasteiger partial charge is 0.123 e. The molecule has 1 aliphatic rings. The third-order valence-corrected chi connectivity index (χ3v) is 3.46. The van der Waals surface area contributed by atoms with Gasteiger partial charge in [-0.2, -0.15) is 0 Å². The van der Waals surface area contributed by atoms with E-state index in [1.165, 1.54) is 6.07 Å². The van der Waals surface area contributed by atoms with Gasteiger partial charge >= 0.3 is 0 Å². The molecule has 2 atom stereocenters. The number of rotatable bonds is 2. The molecule has 3 nitrogen and oxygen atoms in total. The van der Waals surface area contributed by atoms with E-state index >= 15 is 0 Å². The number of benzene rings is 1. The zero-order valence-electron chi connectivity index (χ0n) is 10.3. The lowest BCUT2D eigenvalue weighted by Crippen LogP contribution is -2.40. The second kappa shape index (κ2) is 5.02. The summed E-state index contributed by atoms with van der Waals surface area (Å²) in [7, 11) is 3.65. The maximum atomic E-state index is 13.4. The molecule has 94 valence electrons. The Morgan fingerprint density at radius 2 is 2.24 bits per heavy atom. The summed E-state index contributed by atoms with van der Waals surface area (Å²) in [5.74, 6) is 0.505. The fraction of sp³-hybridized carbons (Fsp3) is 0.538. The highest BCUT2D eigenvalue weighted by Gasteiger charge is 2.27. The topological polar surface area (TPSA) is 38.5 Å². The zero-order chi connectivity index (χ0) is 12.4. The minimum atomic E-state index is -0.228. The summed E-state index contributed by atoms with van der Waals surface area (Å²) < 4.78 is 18.7. The molecule has 0 aromatic heterocycles. The largest absolute Gasteiger partial charge is 0.496 e. The molecule has 4 heteroatoms. The predicted molar refractivity (Wildman–Crippen MR) is 65.5 cm³/mol. The van der Waals surface area contributed by atoms with E-state index in [0.29, 0.717) is 0 Å². The van der Waals surface area contributed by atoms with Crippen LogP contribution in [0.25, 0.3) is 0 Å². The molecule has 0 spiro atoms. The first-order valence-electron chi connectivity index (χ1n) is 5.91. The zero-order valence-corrected chi connectivity index (χ0v) is 10.3. The lowest BCUT2D eigenvalue weighted by atomic mass is 9.92. The lowest BCUT2D eigenvalue weighted by molar-refractivity contribution is 0.168. The van der Waals surface area contributed by atoms with Crippen molar-refractivity contribution in [3.05, 3.63) is 29.6 Å². The fourth-order valence-electron chi connectivity index (χ4n) is 2.44. The van der Waals surface area contributed by atoms with Gasteiger partial charge in [0.15, 0.2) is 0 Å². The van der Waals surface area contributed by atoms with Crippen molar-refractivity contribution in [1.29, 1.82) is 0 Å². The number of likely N-dealkylation sites (tertiary alicyclic amines) is 1. The first kappa shape index (κ1) is 12.3. The number of hydrogen-bond acceptors (Lipinski definition) is 3. The van der Waals surface area contributed by atoms with Gasteiger partial charge in [-0.05, 0) is 44.6 Å². The molecule has 1 heterocycles. The molecule has 0 bridgehead atoms. The van der Waals surface area contributed by atoms with Crippen LogP contribution in [0, 0.1) is 5.82 Å². The minimum Gasteiger partial charge on any atom is -0.496 e. The Balaban J connectivity index is 2.33. The van der Waals surface area contributed by atoms with Gasteiger partial charge in [-0.1, -0.05) is 0 Å². The first-order valence-corrected chi connectivity index (χ1v) is 5.91. The van der Waals surface area contributed by atoms with Crippen molar-refractivity contribution in [1.82, 2.24) is 4.90 Å². The number of halogens is 1. The summed E-state index contributed by atoms with van der Waals surface area (Å²) >= 11 is 0. The Labute approximate surface area is 101 Å². The number of nitrogens with zero attached hydrogens (tertiary/aromatic N) is 1. The van der Waals surface area contributed by atoms with E-state index < -0.39 is 0 Å². The number of nitrogens with two attached hydrogens (primary N) is 1. The SMILES string of the molecule is COc1ccc(F)cc1C1CC(N)CCN1C. The van der Waals surface area contributed by atoms with E-state index in [2.05, 4.69) is 4.90 Å². The molecule has 0 saturated carbocycles. The molecule has 1 fully saturated rings. The maximum Gasteiger partial charge on any atom is 0.123 e. The summed E-state index contributed by atoms with van der Waals surface area (Å²) in [6.45, 7) is 0.936. The molecule has 2 N–H and O–H groups in total. The molecule has 1 aliphatic heterocycles. The van der Waals surface area contributed by atoms with Gasteiger partial charge in [0, 0.05) is 17.6 Å². The first-order chi connectivity index (χ1) is 8.11. The summed E-state index contributed by atoms with van der Waals surface area (Å²) in [4.78, 5) is 2.21. The van der Waals surface area contributed by atoms with Crippen LogP contribution >= 0.6 is 0 Å². The third-order valence-electron chi connectivity index (χ3n) is 3.46. The standard InChI is InChI=1S/C13H19FN2O/c1-16-6-5-10(15)8-12(16)11-7-9(14)3-4-13(11)17-2/h3-4,7,10,12H,5-6,8,15H2,1-2H3. The molecule has 1 aromatic rings. The van der Waals surface area contributed by atoms with E-state index in [0.717, 1.165) is 30.7 Å². The van der Waals surface area contributed by atoms with Crippen LogP contribution in [0.5, 0.6) is 5.75 Å². The van der Waals surface area contributed by atoms with Crippen LogP contribution in [-0.2, 0) is 0 Å². The molecule has 2 unspecified atom stereocenters. The average Bonchev–Trinajstić information content (AvgIpc) is 2.32. The van der Waals surface area contributed by atoms with Crippen molar-refractivity contribution in [2.45, 2.75) is 24.9 Å². The Morgan fingerprint density at radius 3 is 2.94 bits per heavy atom. The van der Waals surface area contributed by atoms with E-state index in [1.54, 1.807) is 19.2 Å². The van der Waals surface area contributed by atoms with Gasteiger partial charge in [-0.25, -0.2) is 4.39 Å². The third kappa shape index (κ3) is 2.58.